The first kappa shape index (κ1) is 26.4. The van der Waals surface area contributed by atoms with Crippen LogP contribution in [-0.2, 0) is 23.7 Å². The number of likely N-dealkylation sites (tertiary alicyclic amines) is 1. The summed E-state index contributed by atoms with van der Waals surface area (Å²) in [6.07, 6.45) is -10.9. The Morgan fingerprint density at radius 2 is 1.60 bits per heavy atom. The molecule has 0 radical (unpaired) electrons. The Labute approximate surface area is 197 Å². The molecule has 5 nitrogen and oxygen atoms in total. The van der Waals surface area contributed by atoms with Crippen LogP contribution in [-0.4, -0.2) is 47.0 Å². The largest absolute Gasteiger partial charge is 0.465 e. The Balaban J connectivity index is 1.90. The number of carbonyl (C=O) groups excluding carboxylic acids is 1. The van der Waals surface area contributed by atoms with E-state index in [0.29, 0.717) is 12.1 Å². The van der Waals surface area contributed by atoms with Crippen molar-refractivity contribution >= 4 is 12.0 Å². The predicted octanol–water partition coefficient (Wildman–Crippen LogP) is 5.77. The van der Waals surface area contributed by atoms with E-state index in [1.54, 1.807) is 18.2 Å². The molecule has 1 fully saturated rings. The quantitative estimate of drug-likeness (QED) is 0.540. The molecule has 0 spiro atoms. The van der Waals surface area contributed by atoms with E-state index in [9.17, 15) is 41.0 Å². The maximum Gasteiger partial charge on any atom is 0.416 e. The smallest absolute Gasteiger partial charge is 0.416 e. The van der Waals surface area contributed by atoms with E-state index in [1.807, 2.05) is 13.0 Å². The highest BCUT2D eigenvalue weighted by Gasteiger charge is 2.40. The van der Waals surface area contributed by atoms with Crippen LogP contribution in [0, 0.1) is 12.8 Å². The fourth-order valence-corrected chi connectivity index (χ4v) is 4.48. The highest BCUT2D eigenvalue weighted by molar-refractivity contribution is 5.80. The highest BCUT2D eigenvalue weighted by Crippen LogP contribution is 2.38. The van der Waals surface area contributed by atoms with Crippen molar-refractivity contribution < 1.29 is 41.0 Å². The zero-order valence-corrected chi connectivity index (χ0v) is 19.0. The van der Waals surface area contributed by atoms with Crippen molar-refractivity contribution in [2.75, 3.05) is 20.1 Å². The van der Waals surface area contributed by atoms with Crippen molar-refractivity contribution in [2.24, 2.45) is 5.92 Å². The summed E-state index contributed by atoms with van der Waals surface area (Å²) in [6.45, 7) is 1.49. The number of amides is 2. The summed E-state index contributed by atoms with van der Waals surface area (Å²) in [5.41, 5.74) is -1.59. The zero-order chi connectivity index (χ0) is 26.1. The molecule has 0 bridgehead atoms. The number of rotatable bonds is 4. The molecule has 0 unspecified atom stereocenters. The Kier molecular flexibility index (Phi) is 7.37. The van der Waals surface area contributed by atoms with Crippen LogP contribution in [0.15, 0.2) is 42.5 Å². The molecule has 3 rings (SSSR count). The van der Waals surface area contributed by atoms with Gasteiger partial charge in [0.05, 0.1) is 11.1 Å². The van der Waals surface area contributed by atoms with Gasteiger partial charge >= 0.3 is 18.4 Å². The van der Waals surface area contributed by atoms with Gasteiger partial charge in [-0.25, -0.2) is 4.79 Å². The summed E-state index contributed by atoms with van der Waals surface area (Å²) in [5.74, 6) is -1.68. The first-order valence-corrected chi connectivity index (χ1v) is 10.7. The molecule has 1 aliphatic heterocycles. The van der Waals surface area contributed by atoms with Gasteiger partial charge in [-0.2, -0.15) is 26.3 Å². The minimum absolute atomic E-state index is 0.0428. The second-order valence-corrected chi connectivity index (χ2v) is 8.70. The average Bonchev–Trinajstić information content (AvgIpc) is 2.77. The number of benzene rings is 2. The van der Waals surface area contributed by atoms with Crippen LogP contribution >= 0.6 is 0 Å². The molecule has 2 aromatic carbocycles. The number of nitrogens with zero attached hydrogens (tertiary/aromatic N) is 2. The van der Waals surface area contributed by atoms with E-state index in [-0.39, 0.29) is 31.1 Å². The van der Waals surface area contributed by atoms with Gasteiger partial charge in [0.25, 0.3) is 0 Å². The molecule has 0 aliphatic carbocycles. The van der Waals surface area contributed by atoms with Crippen molar-refractivity contribution in [1.29, 1.82) is 0 Å². The summed E-state index contributed by atoms with van der Waals surface area (Å²) in [5, 5.41) is 9.43. The van der Waals surface area contributed by atoms with Gasteiger partial charge in [-0.3, -0.25) is 4.79 Å². The van der Waals surface area contributed by atoms with Crippen molar-refractivity contribution in [1.82, 2.24) is 9.80 Å². The summed E-state index contributed by atoms with van der Waals surface area (Å²) in [4.78, 5) is 27.2. The van der Waals surface area contributed by atoms with Gasteiger partial charge in [-0.05, 0) is 48.2 Å². The number of halogens is 6. The second-order valence-electron chi connectivity index (χ2n) is 8.70. The summed E-state index contributed by atoms with van der Waals surface area (Å²) >= 11 is 0. The Morgan fingerprint density at radius 3 is 2.11 bits per heavy atom. The number of hydrogen-bond donors (Lipinski definition) is 1. The number of carboxylic acid groups (broad SMARTS) is 1. The van der Waals surface area contributed by atoms with Gasteiger partial charge in [0.1, 0.15) is 0 Å². The monoisotopic (exact) mass is 502 g/mol. The van der Waals surface area contributed by atoms with Crippen LogP contribution in [0.2, 0.25) is 0 Å². The van der Waals surface area contributed by atoms with E-state index in [2.05, 4.69) is 0 Å². The first-order chi connectivity index (χ1) is 16.2. The summed E-state index contributed by atoms with van der Waals surface area (Å²) in [7, 11) is 1.31. The minimum atomic E-state index is -4.99. The lowest BCUT2D eigenvalue weighted by molar-refractivity contribution is -0.143. The van der Waals surface area contributed by atoms with Gasteiger partial charge in [0.15, 0.2) is 0 Å². The van der Waals surface area contributed by atoms with E-state index < -0.39 is 53.9 Å². The maximum atomic E-state index is 13.4. The SMILES string of the molecule is Cc1ccccc1[C@H]1CN(C(=O)O)CC[C@@H]1C(=O)N(C)Cc1cc(C(F)(F)F)cc(C(F)(F)F)c1. The van der Waals surface area contributed by atoms with E-state index in [4.69, 9.17) is 0 Å². The number of aryl methyl sites for hydroxylation is 1. The Bertz CT molecular complexity index is 1070. The zero-order valence-electron chi connectivity index (χ0n) is 19.0. The highest BCUT2D eigenvalue weighted by atomic mass is 19.4. The molecule has 0 aromatic heterocycles. The first-order valence-electron chi connectivity index (χ1n) is 10.7. The normalized spacial score (nSPS) is 18.9. The van der Waals surface area contributed by atoms with Crippen LogP contribution in [0.5, 0.6) is 0 Å². The third kappa shape index (κ3) is 6.07. The molecule has 0 saturated carbocycles. The second kappa shape index (κ2) is 9.79. The van der Waals surface area contributed by atoms with Gasteiger partial charge in [-0.15, -0.1) is 0 Å². The molecule has 2 aromatic rings. The summed E-state index contributed by atoms with van der Waals surface area (Å²) in [6, 6.07) is 8.41. The lowest BCUT2D eigenvalue weighted by Crippen LogP contribution is -2.47. The Morgan fingerprint density at radius 1 is 1.03 bits per heavy atom. The fraction of sp³-hybridized carbons (Fsp3) is 0.417. The van der Waals surface area contributed by atoms with Crippen molar-refractivity contribution in [3.8, 4) is 0 Å². The number of piperidine rings is 1. The molecule has 35 heavy (non-hydrogen) atoms. The van der Waals surface area contributed by atoms with Crippen LogP contribution in [0.3, 0.4) is 0 Å². The van der Waals surface area contributed by atoms with Crippen molar-refractivity contribution in [2.45, 2.75) is 38.2 Å². The molecule has 2 atom stereocenters. The summed E-state index contributed by atoms with van der Waals surface area (Å²) < 4.78 is 79.2. The van der Waals surface area contributed by atoms with Crippen LogP contribution in [0.25, 0.3) is 0 Å². The number of carbonyl (C=O) groups is 2. The predicted molar refractivity (Wildman–Crippen MR) is 115 cm³/mol. The third-order valence-electron chi connectivity index (χ3n) is 6.23. The van der Waals surface area contributed by atoms with Gasteiger partial charge in [0.2, 0.25) is 5.91 Å². The lowest BCUT2D eigenvalue weighted by atomic mass is 9.78. The number of hydrogen-bond acceptors (Lipinski definition) is 2. The van der Waals surface area contributed by atoms with E-state index in [0.717, 1.165) is 16.0 Å². The minimum Gasteiger partial charge on any atom is -0.465 e. The molecular formula is C24H24F6N2O3. The van der Waals surface area contributed by atoms with E-state index >= 15 is 0 Å². The van der Waals surface area contributed by atoms with Crippen LogP contribution in [0.4, 0.5) is 31.1 Å². The molecular weight excluding hydrogens is 478 g/mol. The maximum absolute atomic E-state index is 13.4. The molecule has 1 N–H and O–H groups in total. The lowest BCUT2D eigenvalue weighted by Gasteiger charge is -2.39. The fourth-order valence-electron chi connectivity index (χ4n) is 4.48. The van der Waals surface area contributed by atoms with Crippen molar-refractivity contribution in [3.63, 3.8) is 0 Å². The average molecular weight is 502 g/mol. The van der Waals surface area contributed by atoms with E-state index in [1.165, 1.54) is 11.9 Å². The number of alkyl halides is 6. The standard InChI is InChI=1S/C24H24F6N2O3/c1-14-5-3-4-6-18(14)20-13-32(22(34)35)8-7-19(20)21(33)31(2)12-15-9-16(23(25,26)27)11-17(10-15)24(28,29)30/h3-6,9-11,19-20H,7-8,12-13H2,1-2H3,(H,34,35)/t19-,20+/m0/s1. The van der Waals surface area contributed by atoms with Crippen LogP contribution in [0.1, 0.15) is 40.2 Å². The molecule has 1 aliphatic rings. The third-order valence-corrected chi connectivity index (χ3v) is 6.23. The van der Waals surface area contributed by atoms with Gasteiger partial charge in [0, 0.05) is 38.5 Å². The van der Waals surface area contributed by atoms with Gasteiger partial charge in [-0.1, -0.05) is 24.3 Å². The van der Waals surface area contributed by atoms with Gasteiger partial charge < -0.3 is 14.9 Å². The Hall–Kier alpha value is -3.24. The molecule has 1 saturated heterocycles. The molecule has 1 heterocycles. The topological polar surface area (TPSA) is 60.9 Å². The molecule has 190 valence electrons. The molecule has 2 amide bonds. The molecule has 11 heteroatoms. The van der Waals surface area contributed by atoms with Crippen LogP contribution < -0.4 is 0 Å². The van der Waals surface area contributed by atoms with Crippen molar-refractivity contribution in [3.05, 3.63) is 70.3 Å².